The van der Waals surface area contributed by atoms with Crippen LogP contribution in [-0.2, 0) is 0 Å². The first-order valence-electron chi connectivity index (χ1n) is 5.05. The van der Waals surface area contributed by atoms with Crippen LogP contribution in [0.15, 0.2) is 18.3 Å². The third-order valence-corrected chi connectivity index (χ3v) is 2.21. The molecule has 0 saturated carbocycles. The summed E-state index contributed by atoms with van der Waals surface area (Å²) in [7, 11) is 0. The van der Waals surface area contributed by atoms with Crippen LogP contribution in [0.1, 0.15) is 6.92 Å². The van der Waals surface area contributed by atoms with E-state index in [2.05, 4.69) is 20.3 Å². The Morgan fingerprint density at radius 2 is 2.25 bits per heavy atom. The highest BCUT2D eigenvalue weighted by Crippen LogP contribution is 2.18. The summed E-state index contributed by atoms with van der Waals surface area (Å²) in [6, 6.07) is 3.77. The molecule has 5 N–H and O–H groups in total. The zero-order valence-electron chi connectivity index (χ0n) is 9.01. The molecule has 0 radical (unpaired) electrons. The van der Waals surface area contributed by atoms with Gasteiger partial charge in [-0.1, -0.05) is 0 Å². The van der Waals surface area contributed by atoms with Crippen molar-refractivity contribution in [2.45, 2.75) is 13.0 Å². The number of fused-ring (bicyclic) bond motifs is 1. The lowest BCUT2D eigenvalue weighted by molar-refractivity contribution is 0.799. The molecule has 0 aliphatic carbocycles. The normalized spacial score (nSPS) is 12.6. The molecule has 0 amide bonds. The van der Waals surface area contributed by atoms with E-state index in [1.165, 1.54) is 0 Å². The van der Waals surface area contributed by atoms with Crippen LogP contribution in [0.2, 0.25) is 0 Å². The summed E-state index contributed by atoms with van der Waals surface area (Å²) in [6.45, 7) is 2.48. The Bertz CT molecular complexity index is 498. The Labute approximate surface area is 93.1 Å². The van der Waals surface area contributed by atoms with Gasteiger partial charge in [0.2, 0.25) is 5.95 Å². The molecule has 6 nitrogen and oxygen atoms in total. The third kappa shape index (κ3) is 2.01. The summed E-state index contributed by atoms with van der Waals surface area (Å²) >= 11 is 0. The average Bonchev–Trinajstić information content (AvgIpc) is 2.28. The van der Waals surface area contributed by atoms with Gasteiger partial charge < -0.3 is 16.8 Å². The van der Waals surface area contributed by atoms with Crippen LogP contribution in [0.5, 0.6) is 0 Å². The Hall–Kier alpha value is -1.95. The lowest BCUT2D eigenvalue weighted by atomic mass is 10.3. The van der Waals surface area contributed by atoms with Gasteiger partial charge in [0.1, 0.15) is 5.52 Å². The molecule has 0 aliphatic heterocycles. The molecule has 0 bridgehead atoms. The van der Waals surface area contributed by atoms with Gasteiger partial charge in [0.15, 0.2) is 5.82 Å². The first-order chi connectivity index (χ1) is 7.70. The quantitative estimate of drug-likeness (QED) is 0.687. The van der Waals surface area contributed by atoms with Crippen molar-refractivity contribution in [3.05, 3.63) is 18.3 Å². The second-order valence-corrected chi connectivity index (χ2v) is 3.58. The van der Waals surface area contributed by atoms with E-state index in [1.807, 2.05) is 19.1 Å². The highest BCUT2D eigenvalue weighted by Gasteiger charge is 2.08. The third-order valence-electron chi connectivity index (χ3n) is 2.21. The highest BCUT2D eigenvalue weighted by atomic mass is 15.1. The van der Waals surface area contributed by atoms with Crippen LogP contribution in [0.3, 0.4) is 0 Å². The SMILES string of the molecule is C[C@@H](CN)Nc1nc(N)nc2cccnc12. The van der Waals surface area contributed by atoms with Gasteiger partial charge in [-0.15, -0.1) is 0 Å². The molecule has 0 aliphatic rings. The molecule has 0 aromatic carbocycles. The fraction of sp³-hybridized carbons (Fsp3) is 0.300. The predicted octanol–water partition coefficient (Wildman–Crippen LogP) is 0.366. The lowest BCUT2D eigenvalue weighted by Crippen LogP contribution is -2.26. The van der Waals surface area contributed by atoms with E-state index in [1.54, 1.807) is 6.20 Å². The summed E-state index contributed by atoms with van der Waals surface area (Å²) in [5.41, 5.74) is 12.6. The molecule has 84 valence electrons. The van der Waals surface area contributed by atoms with E-state index in [9.17, 15) is 0 Å². The second kappa shape index (κ2) is 4.28. The monoisotopic (exact) mass is 218 g/mol. The standard InChI is InChI=1S/C10H14N6/c1-6(5-11)14-9-8-7(3-2-4-13-8)15-10(12)16-9/h2-4,6H,5,11H2,1H3,(H3,12,14,15,16)/t6-/m0/s1. The van der Waals surface area contributed by atoms with E-state index >= 15 is 0 Å². The number of anilines is 2. The number of nitrogens with zero attached hydrogens (tertiary/aromatic N) is 3. The molecule has 0 saturated heterocycles. The highest BCUT2D eigenvalue weighted by molar-refractivity contribution is 5.85. The summed E-state index contributed by atoms with van der Waals surface area (Å²) in [5, 5.41) is 3.16. The van der Waals surface area contributed by atoms with E-state index < -0.39 is 0 Å². The number of pyridine rings is 1. The minimum absolute atomic E-state index is 0.111. The Morgan fingerprint density at radius 1 is 1.44 bits per heavy atom. The molecule has 0 unspecified atom stereocenters. The van der Waals surface area contributed by atoms with Gasteiger partial charge in [0, 0.05) is 18.8 Å². The van der Waals surface area contributed by atoms with Gasteiger partial charge in [-0.05, 0) is 19.1 Å². The maximum atomic E-state index is 5.62. The van der Waals surface area contributed by atoms with Crippen molar-refractivity contribution in [2.24, 2.45) is 5.73 Å². The number of hydrogen-bond donors (Lipinski definition) is 3. The summed E-state index contributed by atoms with van der Waals surface area (Å²) in [4.78, 5) is 12.5. The van der Waals surface area contributed by atoms with Crippen molar-refractivity contribution in [3.63, 3.8) is 0 Å². The van der Waals surface area contributed by atoms with Gasteiger partial charge in [0.05, 0.1) is 5.52 Å². The van der Waals surface area contributed by atoms with Crippen LogP contribution in [0.25, 0.3) is 11.0 Å². The Balaban J connectivity index is 2.50. The van der Waals surface area contributed by atoms with Crippen molar-refractivity contribution in [1.82, 2.24) is 15.0 Å². The Kier molecular flexibility index (Phi) is 2.82. The maximum absolute atomic E-state index is 5.62. The fourth-order valence-corrected chi connectivity index (χ4v) is 1.38. The Morgan fingerprint density at radius 3 is 3.00 bits per heavy atom. The molecule has 6 heteroatoms. The predicted molar refractivity (Wildman–Crippen MR) is 63.9 cm³/mol. The molecule has 16 heavy (non-hydrogen) atoms. The van der Waals surface area contributed by atoms with Crippen LogP contribution < -0.4 is 16.8 Å². The molecule has 2 aromatic rings. The fourth-order valence-electron chi connectivity index (χ4n) is 1.38. The van der Waals surface area contributed by atoms with Crippen molar-refractivity contribution >= 4 is 22.8 Å². The molecule has 0 fully saturated rings. The van der Waals surface area contributed by atoms with Crippen molar-refractivity contribution in [1.29, 1.82) is 0 Å². The minimum Gasteiger partial charge on any atom is -0.368 e. The zero-order valence-corrected chi connectivity index (χ0v) is 9.01. The van der Waals surface area contributed by atoms with Crippen LogP contribution >= 0.6 is 0 Å². The van der Waals surface area contributed by atoms with Gasteiger partial charge in [0.25, 0.3) is 0 Å². The number of rotatable bonds is 3. The second-order valence-electron chi connectivity index (χ2n) is 3.58. The van der Waals surface area contributed by atoms with Crippen molar-refractivity contribution < 1.29 is 0 Å². The number of nitrogen functional groups attached to an aromatic ring is 1. The van der Waals surface area contributed by atoms with E-state index in [0.717, 1.165) is 5.52 Å². The maximum Gasteiger partial charge on any atom is 0.222 e. The van der Waals surface area contributed by atoms with Gasteiger partial charge in [-0.2, -0.15) is 4.98 Å². The molecular formula is C10H14N6. The number of nitrogens with two attached hydrogens (primary N) is 2. The van der Waals surface area contributed by atoms with Crippen LogP contribution in [0, 0.1) is 0 Å². The molecule has 2 rings (SSSR count). The minimum atomic E-state index is 0.111. The van der Waals surface area contributed by atoms with E-state index in [-0.39, 0.29) is 12.0 Å². The van der Waals surface area contributed by atoms with Crippen molar-refractivity contribution in [3.8, 4) is 0 Å². The topological polar surface area (TPSA) is 103 Å². The smallest absolute Gasteiger partial charge is 0.222 e. The van der Waals surface area contributed by atoms with E-state index in [4.69, 9.17) is 11.5 Å². The molecule has 2 heterocycles. The van der Waals surface area contributed by atoms with Crippen LogP contribution in [-0.4, -0.2) is 27.5 Å². The lowest BCUT2D eigenvalue weighted by Gasteiger charge is -2.13. The summed E-state index contributed by atoms with van der Waals surface area (Å²) in [5.74, 6) is 0.855. The molecule has 2 aromatic heterocycles. The number of hydrogen-bond acceptors (Lipinski definition) is 6. The number of aromatic nitrogens is 3. The van der Waals surface area contributed by atoms with Gasteiger partial charge in [-0.25, -0.2) is 4.98 Å². The molecular weight excluding hydrogens is 204 g/mol. The van der Waals surface area contributed by atoms with Crippen LogP contribution in [0.4, 0.5) is 11.8 Å². The largest absolute Gasteiger partial charge is 0.368 e. The first-order valence-corrected chi connectivity index (χ1v) is 5.05. The number of nitrogens with one attached hydrogen (secondary N) is 1. The molecule has 1 atom stereocenters. The molecule has 0 spiro atoms. The summed E-state index contributed by atoms with van der Waals surface area (Å²) < 4.78 is 0. The first kappa shape index (κ1) is 10.6. The van der Waals surface area contributed by atoms with Gasteiger partial charge in [-0.3, -0.25) is 4.98 Å². The van der Waals surface area contributed by atoms with Crippen molar-refractivity contribution in [2.75, 3.05) is 17.6 Å². The van der Waals surface area contributed by atoms with Gasteiger partial charge >= 0.3 is 0 Å². The van der Waals surface area contributed by atoms with E-state index in [0.29, 0.717) is 17.9 Å². The average molecular weight is 218 g/mol. The zero-order chi connectivity index (χ0) is 11.5. The summed E-state index contributed by atoms with van der Waals surface area (Å²) in [6.07, 6.45) is 1.69.